The third-order valence-electron chi connectivity index (χ3n) is 2.06. The Morgan fingerprint density at radius 3 is 2.67 bits per heavy atom. The van der Waals surface area contributed by atoms with Crippen LogP contribution in [0.3, 0.4) is 0 Å². The third-order valence-corrected chi connectivity index (χ3v) is 2.06. The molecule has 1 rings (SSSR count). The molecule has 1 aromatic rings. The maximum Gasteiger partial charge on any atom is 0.340 e. The number of ether oxygens (including phenoxy) is 2. The van der Waals surface area contributed by atoms with Crippen LogP contribution in [0.5, 0.6) is 5.75 Å². The number of rotatable bonds is 3. The Morgan fingerprint density at radius 2 is 2.13 bits per heavy atom. The van der Waals surface area contributed by atoms with E-state index in [1.54, 1.807) is 26.2 Å². The van der Waals surface area contributed by atoms with Gasteiger partial charge in [-0.25, -0.2) is 4.79 Å². The molecule has 0 unspecified atom stereocenters. The highest BCUT2D eigenvalue weighted by atomic mass is 16.5. The summed E-state index contributed by atoms with van der Waals surface area (Å²) in [7, 11) is 1.55. The van der Waals surface area contributed by atoms with Gasteiger partial charge < -0.3 is 15.2 Å². The average molecular weight is 209 g/mol. The summed E-state index contributed by atoms with van der Waals surface area (Å²) in [5, 5.41) is 0. The van der Waals surface area contributed by atoms with Gasteiger partial charge in [0.25, 0.3) is 0 Å². The number of nitrogens with two attached hydrogens (primary N) is 1. The highest BCUT2D eigenvalue weighted by molar-refractivity contribution is 5.95. The summed E-state index contributed by atoms with van der Waals surface area (Å²) in [6, 6.07) is 3.30. The molecule has 0 bridgehead atoms. The van der Waals surface area contributed by atoms with Crippen LogP contribution in [-0.2, 0) is 4.74 Å². The van der Waals surface area contributed by atoms with Gasteiger partial charge in [-0.3, -0.25) is 0 Å². The largest absolute Gasteiger partial charge is 0.496 e. The van der Waals surface area contributed by atoms with E-state index < -0.39 is 5.97 Å². The summed E-state index contributed by atoms with van der Waals surface area (Å²) in [4.78, 5) is 11.5. The molecule has 0 aliphatic heterocycles. The van der Waals surface area contributed by atoms with Crippen molar-refractivity contribution in [2.75, 3.05) is 19.5 Å². The molecule has 0 saturated heterocycles. The standard InChI is InChI=1S/C11H15NO3/c1-4-15-11(13)8-6-10(14-3)7(2)5-9(8)12/h5-6H,4,12H2,1-3H3. The fourth-order valence-corrected chi connectivity index (χ4v) is 1.32. The van der Waals surface area contributed by atoms with Gasteiger partial charge >= 0.3 is 5.97 Å². The monoisotopic (exact) mass is 209 g/mol. The van der Waals surface area contributed by atoms with E-state index in [1.807, 2.05) is 6.92 Å². The molecule has 0 saturated carbocycles. The lowest BCUT2D eigenvalue weighted by Gasteiger charge is -2.10. The van der Waals surface area contributed by atoms with Crippen LogP contribution in [0.2, 0.25) is 0 Å². The van der Waals surface area contributed by atoms with Crippen molar-refractivity contribution in [3.05, 3.63) is 23.3 Å². The van der Waals surface area contributed by atoms with Crippen LogP contribution in [-0.4, -0.2) is 19.7 Å². The van der Waals surface area contributed by atoms with E-state index >= 15 is 0 Å². The Bertz CT molecular complexity index is 374. The molecule has 0 atom stereocenters. The van der Waals surface area contributed by atoms with E-state index in [9.17, 15) is 4.79 Å². The van der Waals surface area contributed by atoms with Crippen LogP contribution in [0, 0.1) is 6.92 Å². The van der Waals surface area contributed by atoms with Crippen LogP contribution in [0.4, 0.5) is 5.69 Å². The zero-order valence-electron chi connectivity index (χ0n) is 9.16. The number of benzene rings is 1. The maximum absolute atomic E-state index is 11.5. The van der Waals surface area contributed by atoms with Crippen molar-refractivity contribution in [1.29, 1.82) is 0 Å². The van der Waals surface area contributed by atoms with E-state index in [4.69, 9.17) is 15.2 Å². The summed E-state index contributed by atoms with van der Waals surface area (Å²) in [5.41, 5.74) is 7.37. The van der Waals surface area contributed by atoms with Gasteiger partial charge in [0, 0.05) is 5.69 Å². The molecule has 0 heterocycles. The van der Waals surface area contributed by atoms with Gasteiger partial charge in [0.05, 0.1) is 19.3 Å². The normalized spacial score (nSPS) is 9.80. The Hall–Kier alpha value is -1.71. The molecule has 15 heavy (non-hydrogen) atoms. The number of nitrogen functional groups attached to an aromatic ring is 1. The minimum atomic E-state index is -0.423. The van der Waals surface area contributed by atoms with Gasteiger partial charge in [-0.05, 0) is 31.5 Å². The Balaban J connectivity index is 3.12. The van der Waals surface area contributed by atoms with E-state index in [0.717, 1.165) is 5.56 Å². The van der Waals surface area contributed by atoms with E-state index in [1.165, 1.54) is 0 Å². The molecule has 4 heteroatoms. The van der Waals surface area contributed by atoms with Gasteiger partial charge in [0.15, 0.2) is 0 Å². The van der Waals surface area contributed by atoms with Crippen LogP contribution in [0.15, 0.2) is 12.1 Å². The maximum atomic E-state index is 11.5. The highest BCUT2D eigenvalue weighted by Crippen LogP contribution is 2.25. The predicted octanol–water partition coefficient (Wildman–Crippen LogP) is 1.76. The first kappa shape index (κ1) is 11.4. The summed E-state index contributed by atoms with van der Waals surface area (Å²) >= 11 is 0. The second kappa shape index (κ2) is 4.68. The van der Waals surface area contributed by atoms with E-state index in [-0.39, 0.29) is 0 Å². The molecule has 0 fully saturated rings. The van der Waals surface area contributed by atoms with Crippen LogP contribution >= 0.6 is 0 Å². The van der Waals surface area contributed by atoms with Gasteiger partial charge in [-0.2, -0.15) is 0 Å². The van der Waals surface area contributed by atoms with Crippen molar-refractivity contribution in [3.63, 3.8) is 0 Å². The Labute approximate surface area is 89.0 Å². The van der Waals surface area contributed by atoms with E-state index in [0.29, 0.717) is 23.6 Å². The minimum absolute atomic E-state index is 0.328. The smallest absolute Gasteiger partial charge is 0.340 e. The number of aryl methyl sites for hydroxylation is 1. The molecule has 0 aliphatic rings. The molecule has 4 nitrogen and oxygen atoms in total. The Morgan fingerprint density at radius 1 is 1.47 bits per heavy atom. The summed E-state index contributed by atoms with van der Waals surface area (Å²) in [6.45, 7) is 3.94. The lowest BCUT2D eigenvalue weighted by molar-refractivity contribution is 0.0527. The van der Waals surface area contributed by atoms with Gasteiger partial charge in [0.2, 0.25) is 0 Å². The predicted molar refractivity (Wildman–Crippen MR) is 58.1 cm³/mol. The molecular weight excluding hydrogens is 194 g/mol. The van der Waals surface area contributed by atoms with Crippen molar-refractivity contribution >= 4 is 11.7 Å². The summed E-state index contributed by atoms with van der Waals surface area (Å²) in [5.74, 6) is 0.209. The summed E-state index contributed by atoms with van der Waals surface area (Å²) < 4.78 is 9.98. The molecule has 1 aromatic carbocycles. The minimum Gasteiger partial charge on any atom is -0.496 e. The zero-order chi connectivity index (χ0) is 11.4. The fourth-order valence-electron chi connectivity index (χ4n) is 1.32. The number of methoxy groups -OCH3 is 1. The van der Waals surface area contributed by atoms with Crippen molar-refractivity contribution in [1.82, 2.24) is 0 Å². The molecule has 0 aromatic heterocycles. The quantitative estimate of drug-likeness (QED) is 0.608. The number of carbonyl (C=O) groups excluding carboxylic acids is 1. The van der Waals surface area contributed by atoms with Crippen molar-refractivity contribution in [3.8, 4) is 5.75 Å². The molecular formula is C11H15NO3. The zero-order valence-corrected chi connectivity index (χ0v) is 9.16. The van der Waals surface area contributed by atoms with Crippen LogP contribution in [0.25, 0.3) is 0 Å². The fraction of sp³-hybridized carbons (Fsp3) is 0.364. The number of carbonyl (C=O) groups is 1. The highest BCUT2D eigenvalue weighted by Gasteiger charge is 2.13. The number of esters is 1. The molecule has 0 spiro atoms. The molecule has 2 N–H and O–H groups in total. The van der Waals surface area contributed by atoms with Gasteiger partial charge in [-0.1, -0.05) is 0 Å². The average Bonchev–Trinajstić information content (AvgIpc) is 2.18. The Kier molecular flexibility index (Phi) is 3.55. The van der Waals surface area contributed by atoms with Gasteiger partial charge in [-0.15, -0.1) is 0 Å². The van der Waals surface area contributed by atoms with Crippen molar-refractivity contribution in [2.45, 2.75) is 13.8 Å². The first-order valence-electron chi connectivity index (χ1n) is 4.71. The van der Waals surface area contributed by atoms with Crippen molar-refractivity contribution in [2.24, 2.45) is 0 Å². The number of anilines is 1. The van der Waals surface area contributed by atoms with Gasteiger partial charge in [0.1, 0.15) is 5.75 Å². The third kappa shape index (κ3) is 2.40. The molecule has 0 radical (unpaired) electrons. The first-order valence-corrected chi connectivity index (χ1v) is 4.71. The lowest BCUT2D eigenvalue weighted by Crippen LogP contribution is -2.08. The SMILES string of the molecule is CCOC(=O)c1cc(OC)c(C)cc1N. The molecule has 0 aliphatic carbocycles. The second-order valence-corrected chi connectivity index (χ2v) is 3.13. The first-order chi connectivity index (χ1) is 7.10. The second-order valence-electron chi connectivity index (χ2n) is 3.13. The van der Waals surface area contributed by atoms with Crippen LogP contribution in [0.1, 0.15) is 22.8 Å². The lowest BCUT2D eigenvalue weighted by atomic mass is 10.1. The number of hydrogen-bond acceptors (Lipinski definition) is 4. The summed E-state index contributed by atoms with van der Waals surface area (Å²) in [6.07, 6.45) is 0. The van der Waals surface area contributed by atoms with E-state index in [2.05, 4.69) is 0 Å². The molecule has 0 amide bonds. The number of hydrogen-bond donors (Lipinski definition) is 1. The topological polar surface area (TPSA) is 61.5 Å². The van der Waals surface area contributed by atoms with Crippen molar-refractivity contribution < 1.29 is 14.3 Å². The molecule has 82 valence electrons. The van der Waals surface area contributed by atoms with Crippen LogP contribution < -0.4 is 10.5 Å².